The van der Waals surface area contributed by atoms with Gasteiger partial charge in [-0.25, -0.2) is 9.37 Å². The van der Waals surface area contributed by atoms with Gasteiger partial charge in [0.25, 0.3) is 0 Å². The van der Waals surface area contributed by atoms with Gasteiger partial charge in [0, 0.05) is 44.2 Å². The second-order valence-electron chi connectivity index (χ2n) is 8.82. The minimum atomic E-state index is -0.612. The Morgan fingerprint density at radius 3 is 2.76 bits per heavy atom. The zero-order valence-corrected chi connectivity index (χ0v) is 21.2. The van der Waals surface area contributed by atoms with E-state index < -0.39 is 5.82 Å². The molecule has 0 bridgehead atoms. The van der Waals surface area contributed by atoms with Gasteiger partial charge < -0.3 is 20.1 Å². The molecule has 0 radical (unpaired) electrons. The zero-order valence-electron chi connectivity index (χ0n) is 21.2. The van der Waals surface area contributed by atoms with Crippen LogP contribution in [0.25, 0.3) is 22.2 Å². The van der Waals surface area contributed by atoms with Crippen molar-refractivity contribution in [1.29, 1.82) is 0 Å². The zero-order chi connectivity index (χ0) is 27.0. The molecule has 0 saturated carbocycles. The molecule has 1 aliphatic heterocycles. The minimum absolute atomic E-state index is 0.0144. The van der Waals surface area contributed by atoms with E-state index in [1.54, 1.807) is 15.8 Å². The summed E-state index contributed by atoms with van der Waals surface area (Å²) in [5.41, 5.74) is 8.88. The molecule has 1 aliphatic rings. The van der Waals surface area contributed by atoms with Crippen molar-refractivity contribution in [2.45, 2.75) is 12.5 Å². The lowest BCUT2D eigenvalue weighted by Crippen LogP contribution is -2.27. The van der Waals surface area contributed by atoms with Crippen molar-refractivity contribution < 1.29 is 18.7 Å². The average Bonchev–Trinajstić information content (AvgIpc) is 3.67. The van der Waals surface area contributed by atoms with Crippen molar-refractivity contribution >= 4 is 22.6 Å². The summed E-state index contributed by atoms with van der Waals surface area (Å²) in [6, 6.07) is 4.66. The van der Waals surface area contributed by atoms with Gasteiger partial charge in [-0.15, -0.1) is 0 Å². The topological polar surface area (TPSA) is 113 Å². The number of nitrogen functional groups attached to an aromatic ring is 1. The number of hydrogen-bond donors (Lipinski definition) is 1. The quantitative estimate of drug-likeness (QED) is 0.321. The molecule has 3 aromatic heterocycles. The van der Waals surface area contributed by atoms with Gasteiger partial charge >= 0.3 is 0 Å². The summed E-state index contributed by atoms with van der Waals surface area (Å²) in [5, 5.41) is 9.89. The second kappa shape index (κ2) is 9.89. The first kappa shape index (κ1) is 24.8. The third-order valence-corrected chi connectivity index (χ3v) is 6.52. The first-order chi connectivity index (χ1) is 18.3. The van der Waals surface area contributed by atoms with Crippen LogP contribution in [0.3, 0.4) is 0 Å². The number of amides is 1. The normalized spacial score (nSPS) is 14.8. The number of methoxy groups -OCH3 is 2. The summed E-state index contributed by atoms with van der Waals surface area (Å²) in [5.74, 6) is 5.74. The molecule has 194 valence electrons. The monoisotopic (exact) mass is 515 g/mol. The van der Waals surface area contributed by atoms with E-state index in [-0.39, 0.29) is 29.1 Å². The van der Waals surface area contributed by atoms with Gasteiger partial charge in [-0.2, -0.15) is 10.2 Å². The van der Waals surface area contributed by atoms with Crippen molar-refractivity contribution in [3.8, 4) is 34.6 Å². The Balaban J connectivity index is 1.70. The highest BCUT2D eigenvalue weighted by Gasteiger charge is 2.30. The summed E-state index contributed by atoms with van der Waals surface area (Å²) >= 11 is 0. The third-order valence-electron chi connectivity index (χ3n) is 6.52. The Morgan fingerprint density at radius 2 is 2.08 bits per heavy atom. The molecule has 38 heavy (non-hydrogen) atoms. The van der Waals surface area contributed by atoms with E-state index in [1.807, 2.05) is 24.0 Å². The van der Waals surface area contributed by atoms with Crippen LogP contribution < -0.4 is 15.2 Å². The van der Waals surface area contributed by atoms with Gasteiger partial charge in [-0.05, 0) is 30.6 Å². The third kappa shape index (κ3) is 4.30. The van der Waals surface area contributed by atoms with Gasteiger partial charge in [0.1, 0.15) is 17.3 Å². The summed E-state index contributed by atoms with van der Waals surface area (Å²) < 4.78 is 28.9. The maximum Gasteiger partial charge on any atom is 0.246 e. The number of aromatic nitrogens is 5. The number of benzene rings is 1. The molecule has 2 N–H and O–H groups in total. The first-order valence-corrected chi connectivity index (χ1v) is 11.9. The maximum absolute atomic E-state index is 15.0. The highest BCUT2D eigenvalue weighted by atomic mass is 19.1. The highest BCUT2D eigenvalue weighted by Crippen LogP contribution is 2.36. The molecule has 11 heteroatoms. The fourth-order valence-electron chi connectivity index (χ4n) is 4.62. The number of nitrogens with zero attached hydrogens (tertiary/aromatic N) is 6. The van der Waals surface area contributed by atoms with E-state index in [0.29, 0.717) is 47.6 Å². The van der Waals surface area contributed by atoms with Crippen LogP contribution in [0.4, 0.5) is 10.2 Å². The predicted molar refractivity (Wildman–Crippen MR) is 140 cm³/mol. The van der Waals surface area contributed by atoms with Gasteiger partial charge in [0.15, 0.2) is 11.6 Å². The standard InChI is InChI=1S/C27H26FN7O3/c1-5-23(36)34-11-8-17(15-34)35-26-19(20-9-10-33(2)31-20)14-30-27(29)24(26)21(32-35)7-6-16-12-18(37-3)13-22(38-4)25(16)28/h5,9-10,12-14,17H,1,8,11,15H2,2-4H3,(H2,29,30). The van der Waals surface area contributed by atoms with E-state index in [4.69, 9.17) is 20.3 Å². The lowest BCUT2D eigenvalue weighted by atomic mass is 10.1. The maximum atomic E-state index is 15.0. The molecule has 0 spiro atoms. The molecule has 4 heterocycles. The fraction of sp³-hybridized carbons (Fsp3) is 0.259. The average molecular weight is 516 g/mol. The Bertz CT molecular complexity index is 1630. The number of aryl methyl sites for hydroxylation is 1. The Morgan fingerprint density at radius 1 is 1.26 bits per heavy atom. The number of likely N-dealkylation sites (tertiary alicyclic amines) is 1. The van der Waals surface area contributed by atoms with Gasteiger partial charge in [-0.3, -0.25) is 14.2 Å². The molecule has 1 fully saturated rings. The Hall–Kier alpha value is -4.85. The number of hydrogen-bond acceptors (Lipinski definition) is 7. The van der Waals surface area contributed by atoms with Crippen molar-refractivity contribution in [3.63, 3.8) is 0 Å². The fourth-order valence-corrected chi connectivity index (χ4v) is 4.62. The summed E-state index contributed by atoms with van der Waals surface area (Å²) in [7, 11) is 4.68. The number of halogens is 1. The van der Waals surface area contributed by atoms with Crippen molar-refractivity contribution in [2.75, 3.05) is 33.0 Å². The van der Waals surface area contributed by atoms with Gasteiger partial charge in [0.05, 0.1) is 42.4 Å². The van der Waals surface area contributed by atoms with Gasteiger partial charge in [-0.1, -0.05) is 12.5 Å². The van der Waals surface area contributed by atoms with Crippen molar-refractivity contribution in [2.24, 2.45) is 7.05 Å². The molecule has 0 aliphatic carbocycles. The lowest BCUT2D eigenvalue weighted by Gasteiger charge is -2.16. The molecule has 10 nitrogen and oxygen atoms in total. The van der Waals surface area contributed by atoms with Crippen LogP contribution in [0.1, 0.15) is 23.7 Å². The molecule has 1 aromatic carbocycles. The lowest BCUT2D eigenvalue weighted by molar-refractivity contribution is -0.125. The van der Waals surface area contributed by atoms with Crippen LogP contribution in [0, 0.1) is 17.7 Å². The SMILES string of the molecule is C=CC(=O)N1CCC(n2nc(C#Cc3cc(OC)cc(OC)c3F)c3c(N)ncc(-c4ccn(C)n4)c32)C1. The summed E-state index contributed by atoms with van der Waals surface area (Å²) in [4.78, 5) is 18.4. The van der Waals surface area contributed by atoms with Crippen molar-refractivity contribution in [3.05, 3.63) is 60.3 Å². The molecule has 4 aromatic rings. The second-order valence-corrected chi connectivity index (χ2v) is 8.82. The van der Waals surface area contributed by atoms with E-state index in [2.05, 4.69) is 28.5 Å². The van der Waals surface area contributed by atoms with E-state index in [0.717, 1.165) is 5.56 Å². The predicted octanol–water partition coefficient (Wildman–Crippen LogP) is 2.93. The van der Waals surface area contributed by atoms with Crippen LogP contribution >= 0.6 is 0 Å². The molecular formula is C27H26FN7O3. The van der Waals surface area contributed by atoms with Crippen LogP contribution in [-0.2, 0) is 11.8 Å². The number of carbonyl (C=O) groups excluding carboxylic acids is 1. The number of anilines is 1. The van der Waals surface area contributed by atoms with E-state index in [9.17, 15) is 9.18 Å². The molecule has 1 unspecified atom stereocenters. The molecule has 5 rings (SSSR count). The van der Waals surface area contributed by atoms with Crippen LogP contribution in [0.2, 0.25) is 0 Å². The minimum Gasteiger partial charge on any atom is -0.497 e. The smallest absolute Gasteiger partial charge is 0.246 e. The molecular weight excluding hydrogens is 489 g/mol. The number of ether oxygens (including phenoxy) is 2. The molecule has 1 atom stereocenters. The summed E-state index contributed by atoms with van der Waals surface area (Å²) in [6.07, 6.45) is 5.47. The summed E-state index contributed by atoms with van der Waals surface area (Å²) in [6.45, 7) is 4.60. The number of nitrogens with two attached hydrogens (primary N) is 1. The number of fused-ring (bicyclic) bond motifs is 1. The molecule has 1 saturated heterocycles. The first-order valence-electron chi connectivity index (χ1n) is 11.9. The van der Waals surface area contributed by atoms with Crippen molar-refractivity contribution in [1.82, 2.24) is 29.4 Å². The van der Waals surface area contributed by atoms with Crippen LogP contribution in [-0.4, -0.2) is 62.7 Å². The number of carbonyl (C=O) groups is 1. The number of pyridine rings is 1. The van der Waals surface area contributed by atoms with E-state index >= 15 is 0 Å². The van der Waals surface area contributed by atoms with Gasteiger partial charge in [0.2, 0.25) is 5.91 Å². The molecule has 1 amide bonds. The Labute approximate surface area is 218 Å². The number of rotatable bonds is 5. The van der Waals surface area contributed by atoms with Crippen LogP contribution in [0.15, 0.2) is 43.2 Å². The largest absolute Gasteiger partial charge is 0.497 e. The van der Waals surface area contributed by atoms with Crippen LogP contribution in [0.5, 0.6) is 11.5 Å². The Kier molecular flexibility index (Phi) is 6.46. The van der Waals surface area contributed by atoms with E-state index in [1.165, 1.54) is 32.4 Å². The highest BCUT2D eigenvalue weighted by molar-refractivity contribution is 6.01.